The van der Waals surface area contributed by atoms with E-state index < -0.39 is 0 Å². The second kappa shape index (κ2) is 7.15. The monoisotopic (exact) mass is 264 g/mol. The lowest BCUT2D eigenvalue weighted by molar-refractivity contribution is 0.373. The predicted octanol–water partition coefficient (Wildman–Crippen LogP) is 3.57. The molecular weight excluding hydrogens is 240 g/mol. The van der Waals surface area contributed by atoms with Crippen molar-refractivity contribution < 1.29 is 0 Å². The van der Waals surface area contributed by atoms with Gasteiger partial charge in [-0.25, -0.2) is 0 Å². The second-order valence-electron chi connectivity index (χ2n) is 5.13. The van der Waals surface area contributed by atoms with Crippen LogP contribution in [0.2, 0.25) is 0 Å². The van der Waals surface area contributed by atoms with Gasteiger partial charge in [0.15, 0.2) is 0 Å². The smallest absolute Gasteiger partial charge is 0.0340 e. The van der Waals surface area contributed by atoms with Crippen molar-refractivity contribution in [3.63, 3.8) is 0 Å². The lowest BCUT2D eigenvalue weighted by Crippen LogP contribution is -2.25. The third-order valence-electron chi connectivity index (χ3n) is 3.82. The molecule has 3 heteroatoms. The SMILES string of the molecule is CCNC(CC1CCSCC1)c1cnccc1C. The quantitative estimate of drug-likeness (QED) is 0.880. The molecule has 1 aromatic rings. The van der Waals surface area contributed by atoms with E-state index in [2.05, 4.69) is 42.0 Å². The van der Waals surface area contributed by atoms with Crippen molar-refractivity contribution in [2.75, 3.05) is 18.1 Å². The van der Waals surface area contributed by atoms with Crippen LogP contribution in [-0.4, -0.2) is 23.0 Å². The fourth-order valence-electron chi connectivity index (χ4n) is 2.72. The topological polar surface area (TPSA) is 24.9 Å². The summed E-state index contributed by atoms with van der Waals surface area (Å²) in [6.45, 7) is 5.41. The van der Waals surface area contributed by atoms with Crippen LogP contribution < -0.4 is 5.32 Å². The summed E-state index contributed by atoms with van der Waals surface area (Å²) in [5.74, 6) is 3.57. The molecule has 2 heterocycles. The molecule has 2 rings (SSSR count). The molecule has 1 fully saturated rings. The number of aryl methyl sites for hydroxylation is 1. The van der Waals surface area contributed by atoms with Gasteiger partial charge in [0.2, 0.25) is 0 Å². The Labute approximate surface area is 115 Å². The molecule has 0 spiro atoms. The first kappa shape index (κ1) is 13.9. The number of nitrogens with one attached hydrogen (secondary N) is 1. The van der Waals surface area contributed by atoms with E-state index in [1.807, 2.05) is 12.4 Å². The van der Waals surface area contributed by atoms with Crippen molar-refractivity contribution in [2.24, 2.45) is 5.92 Å². The number of rotatable bonds is 5. The number of aromatic nitrogens is 1. The van der Waals surface area contributed by atoms with Gasteiger partial charge >= 0.3 is 0 Å². The molecule has 1 aliphatic heterocycles. The predicted molar refractivity (Wildman–Crippen MR) is 80.1 cm³/mol. The summed E-state index contributed by atoms with van der Waals surface area (Å²) >= 11 is 2.11. The Bertz CT molecular complexity index is 361. The van der Waals surface area contributed by atoms with E-state index in [4.69, 9.17) is 0 Å². The third-order valence-corrected chi connectivity index (χ3v) is 4.86. The zero-order chi connectivity index (χ0) is 12.8. The van der Waals surface area contributed by atoms with E-state index >= 15 is 0 Å². The molecule has 18 heavy (non-hydrogen) atoms. The maximum Gasteiger partial charge on any atom is 0.0340 e. The summed E-state index contributed by atoms with van der Waals surface area (Å²) in [5, 5.41) is 3.64. The van der Waals surface area contributed by atoms with Crippen LogP contribution in [0.4, 0.5) is 0 Å². The van der Waals surface area contributed by atoms with Gasteiger partial charge in [-0.3, -0.25) is 4.98 Å². The van der Waals surface area contributed by atoms with Crippen LogP contribution in [0.25, 0.3) is 0 Å². The van der Waals surface area contributed by atoms with Gasteiger partial charge in [0.25, 0.3) is 0 Å². The Morgan fingerprint density at radius 1 is 1.44 bits per heavy atom. The van der Waals surface area contributed by atoms with Gasteiger partial charge in [-0.2, -0.15) is 11.8 Å². The number of nitrogens with zero attached hydrogens (tertiary/aromatic N) is 1. The molecule has 1 aromatic heterocycles. The first-order valence-corrected chi connectivity index (χ1v) is 8.18. The second-order valence-corrected chi connectivity index (χ2v) is 6.36. The molecule has 0 amide bonds. The van der Waals surface area contributed by atoms with E-state index in [9.17, 15) is 0 Å². The Hall–Kier alpha value is -0.540. The van der Waals surface area contributed by atoms with Crippen LogP contribution in [-0.2, 0) is 0 Å². The van der Waals surface area contributed by atoms with Crippen LogP contribution in [0, 0.1) is 12.8 Å². The number of thioether (sulfide) groups is 1. The van der Waals surface area contributed by atoms with Crippen LogP contribution in [0.15, 0.2) is 18.5 Å². The number of pyridine rings is 1. The Morgan fingerprint density at radius 2 is 2.22 bits per heavy atom. The summed E-state index contributed by atoms with van der Waals surface area (Å²) in [5.41, 5.74) is 2.75. The lowest BCUT2D eigenvalue weighted by Gasteiger charge is -2.27. The van der Waals surface area contributed by atoms with Gasteiger partial charge in [0.1, 0.15) is 0 Å². The minimum Gasteiger partial charge on any atom is -0.310 e. The zero-order valence-corrected chi connectivity index (χ0v) is 12.3. The molecule has 0 bridgehead atoms. The molecule has 1 N–H and O–H groups in total. The zero-order valence-electron chi connectivity index (χ0n) is 11.5. The minimum absolute atomic E-state index is 0.483. The van der Waals surface area contributed by atoms with E-state index in [1.54, 1.807) is 0 Å². The first-order valence-electron chi connectivity index (χ1n) is 7.03. The summed E-state index contributed by atoms with van der Waals surface area (Å²) in [4.78, 5) is 4.30. The van der Waals surface area contributed by atoms with Gasteiger partial charge in [-0.1, -0.05) is 6.92 Å². The van der Waals surface area contributed by atoms with Gasteiger partial charge < -0.3 is 5.32 Å². The van der Waals surface area contributed by atoms with Gasteiger partial charge in [-0.15, -0.1) is 0 Å². The molecule has 0 aliphatic carbocycles. The molecule has 0 radical (unpaired) electrons. The highest BCUT2D eigenvalue weighted by molar-refractivity contribution is 7.99. The molecule has 0 aromatic carbocycles. The van der Waals surface area contributed by atoms with Gasteiger partial charge in [0, 0.05) is 18.4 Å². The fraction of sp³-hybridized carbons (Fsp3) is 0.667. The number of hydrogen-bond donors (Lipinski definition) is 1. The fourth-order valence-corrected chi connectivity index (χ4v) is 3.93. The van der Waals surface area contributed by atoms with Crippen LogP contribution in [0.5, 0.6) is 0 Å². The van der Waals surface area contributed by atoms with Crippen molar-refractivity contribution >= 4 is 11.8 Å². The van der Waals surface area contributed by atoms with Crippen molar-refractivity contribution in [3.8, 4) is 0 Å². The van der Waals surface area contributed by atoms with Crippen molar-refractivity contribution in [2.45, 2.75) is 39.2 Å². The molecule has 2 nitrogen and oxygen atoms in total. The van der Waals surface area contributed by atoms with E-state index in [-0.39, 0.29) is 0 Å². The Kier molecular flexibility index (Phi) is 5.51. The highest BCUT2D eigenvalue weighted by Crippen LogP contribution is 2.31. The average molecular weight is 264 g/mol. The Morgan fingerprint density at radius 3 is 2.89 bits per heavy atom. The molecule has 1 atom stereocenters. The summed E-state index contributed by atoms with van der Waals surface area (Å²) < 4.78 is 0. The van der Waals surface area contributed by atoms with Gasteiger partial charge in [0.05, 0.1) is 0 Å². The molecular formula is C15H24N2S. The molecule has 1 unspecified atom stereocenters. The lowest BCUT2D eigenvalue weighted by atomic mass is 9.90. The standard InChI is InChI=1S/C15H24N2S/c1-3-17-15(10-13-5-8-18-9-6-13)14-11-16-7-4-12(14)2/h4,7,11,13,15,17H,3,5-6,8-10H2,1-2H3. The molecule has 1 saturated heterocycles. The minimum atomic E-state index is 0.483. The summed E-state index contributed by atoms with van der Waals surface area (Å²) in [7, 11) is 0. The third kappa shape index (κ3) is 3.72. The largest absolute Gasteiger partial charge is 0.310 e. The van der Waals surface area contributed by atoms with E-state index in [1.165, 1.54) is 41.9 Å². The van der Waals surface area contributed by atoms with Crippen LogP contribution in [0.1, 0.15) is 43.4 Å². The van der Waals surface area contributed by atoms with E-state index in [0.717, 1.165) is 12.5 Å². The number of hydrogen-bond acceptors (Lipinski definition) is 3. The summed E-state index contributed by atoms with van der Waals surface area (Å²) in [6, 6.07) is 2.60. The average Bonchev–Trinajstić information content (AvgIpc) is 2.40. The summed E-state index contributed by atoms with van der Waals surface area (Å²) in [6.07, 6.45) is 7.96. The molecule has 1 aliphatic rings. The van der Waals surface area contributed by atoms with Crippen molar-refractivity contribution in [1.29, 1.82) is 0 Å². The van der Waals surface area contributed by atoms with Gasteiger partial charge in [-0.05, 0) is 67.3 Å². The highest BCUT2D eigenvalue weighted by atomic mass is 32.2. The maximum atomic E-state index is 4.30. The maximum absolute atomic E-state index is 4.30. The first-order chi connectivity index (χ1) is 8.81. The van der Waals surface area contributed by atoms with Crippen LogP contribution in [0.3, 0.4) is 0 Å². The Balaban J connectivity index is 2.05. The van der Waals surface area contributed by atoms with Crippen molar-refractivity contribution in [3.05, 3.63) is 29.6 Å². The molecule has 0 saturated carbocycles. The van der Waals surface area contributed by atoms with E-state index in [0.29, 0.717) is 6.04 Å². The normalized spacial score (nSPS) is 18.8. The van der Waals surface area contributed by atoms with Crippen molar-refractivity contribution in [1.82, 2.24) is 10.3 Å². The highest BCUT2D eigenvalue weighted by Gasteiger charge is 2.20. The van der Waals surface area contributed by atoms with Crippen LogP contribution >= 0.6 is 11.8 Å². The molecule has 100 valence electrons.